The first kappa shape index (κ1) is 20.2. The number of alkyl halides is 3. The molecule has 0 radical (unpaired) electrons. The Kier molecular flexibility index (Phi) is 7.50. The molecule has 0 spiro atoms. The van der Waals surface area contributed by atoms with Crippen molar-refractivity contribution >= 4 is 29.1 Å². The lowest BCUT2D eigenvalue weighted by molar-refractivity contribution is -0.174. The highest BCUT2D eigenvalue weighted by Crippen LogP contribution is 2.21. The molecule has 1 aromatic carbocycles. The fourth-order valence-electron chi connectivity index (χ4n) is 1.72. The highest BCUT2D eigenvalue weighted by Gasteiger charge is 2.27. The maximum atomic E-state index is 12.1. The summed E-state index contributed by atoms with van der Waals surface area (Å²) >= 11 is 5.85. The Labute approximate surface area is 142 Å². The summed E-state index contributed by atoms with van der Waals surface area (Å²) in [5, 5.41) is 5.44. The molecule has 24 heavy (non-hydrogen) atoms. The Balaban J connectivity index is 2.67. The van der Waals surface area contributed by atoms with Crippen molar-refractivity contribution in [2.45, 2.75) is 32.5 Å². The zero-order chi connectivity index (χ0) is 18.3. The third-order valence-electron chi connectivity index (χ3n) is 2.66. The van der Waals surface area contributed by atoms with Crippen LogP contribution in [0.2, 0.25) is 5.02 Å². The van der Waals surface area contributed by atoms with Crippen LogP contribution in [0, 0.1) is 0 Å². The second-order valence-corrected chi connectivity index (χ2v) is 5.72. The third-order valence-corrected chi connectivity index (χ3v) is 2.89. The topological polar surface area (TPSA) is 67.4 Å². The molecule has 9 heteroatoms. The Bertz CT molecular complexity index is 592. The fraction of sp³-hybridized carbons (Fsp3) is 0.467. The van der Waals surface area contributed by atoms with Gasteiger partial charge < -0.3 is 15.4 Å². The van der Waals surface area contributed by atoms with Gasteiger partial charge in [0.2, 0.25) is 5.91 Å². The molecule has 2 amide bonds. The summed E-state index contributed by atoms with van der Waals surface area (Å²) in [6.45, 7) is 1.76. The maximum Gasteiger partial charge on any atom is 0.411 e. The first-order valence-corrected chi connectivity index (χ1v) is 7.51. The van der Waals surface area contributed by atoms with Gasteiger partial charge in [0.05, 0.1) is 24.3 Å². The second kappa shape index (κ2) is 8.89. The van der Waals surface area contributed by atoms with Crippen LogP contribution >= 0.6 is 11.6 Å². The number of hydrogen-bond donors (Lipinski definition) is 2. The first-order chi connectivity index (χ1) is 11.1. The maximum absolute atomic E-state index is 12.1. The lowest BCUT2D eigenvalue weighted by atomic mass is 10.1. The van der Waals surface area contributed by atoms with Gasteiger partial charge in [-0.1, -0.05) is 11.6 Å². The zero-order valence-corrected chi connectivity index (χ0v) is 13.9. The molecule has 1 rings (SSSR count). The van der Waals surface area contributed by atoms with Gasteiger partial charge in [-0.25, -0.2) is 0 Å². The molecule has 0 fully saturated rings. The normalized spacial score (nSPS) is 11.5. The van der Waals surface area contributed by atoms with Crippen molar-refractivity contribution < 1.29 is 27.5 Å². The van der Waals surface area contributed by atoms with E-state index < -0.39 is 24.6 Å². The number of amides is 2. The van der Waals surface area contributed by atoms with E-state index in [1.54, 1.807) is 13.8 Å². The molecular formula is C15H18ClF3N2O3. The highest BCUT2D eigenvalue weighted by molar-refractivity contribution is 6.31. The number of carbonyl (C=O) groups excluding carboxylic acids is 2. The van der Waals surface area contributed by atoms with Gasteiger partial charge >= 0.3 is 6.18 Å². The van der Waals surface area contributed by atoms with E-state index in [1.807, 2.05) is 0 Å². The number of benzene rings is 1. The van der Waals surface area contributed by atoms with Crippen molar-refractivity contribution in [2.75, 3.05) is 18.5 Å². The number of ether oxygens (including phenoxy) is 1. The first-order valence-electron chi connectivity index (χ1n) is 7.13. The zero-order valence-electron chi connectivity index (χ0n) is 13.2. The van der Waals surface area contributed by atoms with E-state index in [4.69, 9.17) is 11.6 Å². The van der Waals surface area contributed by atoms with Gasteiger partial charge in [-0.3, -0.25) is 9.59 Å². The Hall–Kier alpha value is -1.80. The number of rotatable bonds is 7. The number of carbonyl (C=O) groups is 2. The largest absolute Gasteiger partial charge is 0.411 e. The van der Waals surface area contributed by atoms with Gasteiger partial charge in [-0.05, 0) is 32.0 Å². The van der Waals surface area contributed by atoms with Crippen LogP contribution < -0.4 is 10.6 Å². The van der Waals surface area contributed by atoms with Gasteiger partial charge in [0.25, 0.3) is 5.91 Å². The predicted octanol–water partition coefficient (Wildman–Crippen LogP) is 3.39. The van der Waals surface area contributed by atoms with E-state index in [9.17, 15) is 22.8 Å². The van der Waals surface area contributed by atoms with Gasteiger partial charge in [-0.15, -0.1) is 0 Å². The minimum atomic E-state index is -4.44. The van der Waals surface area contributed by atoms with Crippen LogP contribution in [-0.2, 0) is 9.53 Å². The number of hydrogen-bond acceptors (Lipinski definition) is 3. The van der Waals surface area contributed by atoms with E-state index >= 15 is 0 Å². The fourth-order valence-corrected chi connectivity index (χ4v) is 1.90. The van der Waals surface area contributed by atoms with Crippen LogP contribution in [0.4, 0.5) is 18.9 Å². The Morgan fingerprint density at radius 1 is 1.29 bits per heavy atom. The third kappa shape index (κ3) is 7.65. The van der Waals surface area contributed by atoms with Crippen molar-refractivity contribution in [1.29, 1.82) is 0 Å². The van der Waals surface area contributed by atoms with Gasteiger partial charge in [0.15, 0.2) is 0 Å². The SMILES string of the molecule is CC(C)NC(=O)c1ccc(Cl)cc1NC(=O)CCOCC(F)(F)F. The monoisotopic (exact) mass is 366 g/mol. The molecule has 0 saturated heterocycles. The van der Waals surface area contributed by atoms with Crippen LogP contribution in [-0.4, -0.2) is 37.2 Å². The smallest absolute Gasteiger partial charge is 0.372 e. The van der Waals surface area contributed by atoms with E-state index in [1.165, 1.54) is 18.2 Å². The quantitative estimate of drug-likeness (QED) is 0.727. The summed E-state index contributed by atoms with van der Waals surface area (Å²) in [4.78, 5) is 23.9. The van der Waals surface area contributed by atoms with Gasteiger partial charge in [0, 0.05) is 11.1 Å². The average Bonchev–Trinajstić information content (AvgIpc) is 2.42. The molecule has 0 heterocycles. The van der Waals surface area contributed by atoms with Crippen LogP contribution in [0.3, 0.4) is 0 Å². The molecule has 1 aromatic rings. The summed E-state index contributed by atoms with van der Waals surface area (Å²) < 4.78 is 40.2. The molecule has 0 aliphatic carbocycles. The van der Waals surface area contributed by atoms with E-state index in [2.05, 4.69) is 15.4 Å². The minimum absolute atomic E-state index is 0.104. The number of anilines is 1. The standard InChI is InChI=1S/C15H18ClF3N2O3/c1-9(2)20-14(23)11-4-3-10(16)7-12(11)21-13(22)5-6-24-8-15(17,18)19/h3-4,7,9H,5-6,8H2,1-2H3,(H,20,23)(H,21,22). The summed E-state index contributed by atoms with van der Waals surface area (Å²) in [5.74, 6) is -0.983. The van der Waals surface area contributed by atoms with Crippen molar-refractivity contribution in [3.05, 3.63) is 28.8 Å². The van der Waals surface area contributed by atoms with Gasteiger partial charge in [-0.2, -0.15) is 13.2 Å². The molecule has 0 aromatic heterocycles. The second-order valence-electron chi connectivity index (χ2n) is 5.28. The highest BCUT2D eigenvalue weighted by atomic mass is 35.5. The number of halogens is 4. The summed E-state index contributed by atoms with van der Waals surface area (Å²) in [7, 11) is 0. The van der Waals surface area contributed by atoms with E-state index in [0.29, 0.717) is 5.02 Å². The Morgan fingerprint density at radius 3 is 2.54 bits per heavy atom. The molecule has 0 aliphatic rings. The molecule has 134 valence electrons. The molecule has 0 aliphatic heterocycles. The average molecular weight is 367 g/mol. The van der Waals surface area contributed by atoms with Crippen molar-refractivity contribution in [2.24, 2.45) is 0 Å². The van der Waals surface area contributed by atoms with Crippen LogP contribution in [0.25, 0.3) is 0 Å². The summed E-state index contributed by atoms with van der Waals surface area (Å²) in [6, 6.07) is 4.24. The molecule has 0 bridgehead atoms. The van der Waals surface area contributed by atoms with Crippen molar-refractivity contribution in [3.63, 3.8) is 0 Å². The molecule has 0 atom stereocenters. The lowest BCUT2D eigenvalue weighted by Crippen LogP contribution is -2.31. The predicted molar refractivity (Wildman–Crippen MR) is 84.2 cm³/mol. The van der Waals surface area contributed by atoms with Gasteiger partial charge in [0.1, 0.15) is 6.61 Å². The minimum Gasteiger partial charge on any atom is -0.372 e. The summed E-state index contributed by atoms with van der Waals surface area (Å²) in [5.41, 5.74) is 0.388. The molecule has 5 nitrogen and oxygen atoms in total. The summed E-state index contributed by atoms with van der Waals surface area (Å²) in [6.07, 6.45) is -4.72. The molecule has 0 saturated carbocycles. The van der Waals surface area contributed by atoms with E-state index in [-0.39, 0.29) is 30.3 Å². The lowest BCUT2D eigenvalue weighted by Gasteiger charge is -2.14. The van der Waals surface area contributed by atoms with Crippen molar-refractivity contribution in [1.82, 2.24) is 5.32 Å². The number of nitrogens with one attached hydrogen (secondary N) is 2. The molecule has 0 unspecified atom stereocenters. The molecule has 2 N–H and O–H groups in total. The van der Waals surface area contributed by atoms with Crippen LogP contribution in [0.1, 0.15) is 30.6 Å². The van der Waals surface area contributed by atoms with Crippen molar-refractivity contribution in [3.8, 4) is 0 Å². The molecular weight excluding hydrogens is 349 g/mol. The Morgan fingerprint density at radius 2 is 1.96 bits per heavy atom. The van der Waals surface area contributed by atoms with Crippen LogP contribution in [0.5, 0.6) is 0 Å². The van der Waals surface area contributed by atoms with E-state index in [0.717, 1.165) is 0 Å². The van der Waals surface area contributed by atoms with Crippen LogP contribution in [0.15, 0.2) is 18.2 Å².